The zero-order valence-electron chi connectivity index (χ0n) is 10.2. The minimum Gasteiger partial charge on any atom is -0.314 e. The van der Waals surface area contributed by atoms with E-state index in [1.807, 2.05) is 6.07 Å². The van der Waals surface area contributed by atoms with E-state index in [-0.39, 0.29) is 0 Å². The van der Waals surface area contributed by atoms with Crippen molar-refractivity contribution < 1.29 is 0 Å². The zero-order chi connectivity index (χ0) is 13.2. The summed E-state index contributed by atoms with van der Waals surface area (Å²) in [6.45, 7) is 1.01. The van der Waals surface area contributed by atoms with Crippen LogP contribution in [0.4, 0.5) is 0 Å². The number of benzene rings is 1. The van der Waals surface area contributed by atoms with Gasteiger partial charge in [-0.2, -0.15) is 0 Å². The van der Waals surface area contributed by atoms with Crippen molar-refractivity contribution in [3.8, 4) is 10.6 Å². The smallest absolute Gasteiger partial charge is 0.148 e. The Balaban J connectivity index is 1.70. The molecule has 0 atom stereocenters. The molecule has 0 saturated heterocycles. The molecule has 100 valence electrons. The first kappa shape index (κ1) is 13.9. The van der Waals surface area contributed by atoms with Crippen LogP contribution in [-0.2, 0) is 6.42 Å². The first-order chi connectivity index (χ1) is 9.22. The number of aromatic nitrogens is 2. The van der Waals surface area contributed by atoms with Crippen molar-refractivity contribution >= 4 is 49.9 Å². The summed E-state index contributed by atoms with van der Waals surface area (Å²) in [6, 6.07) is 7.01. The third-order valence-corrected chi connectivity index (χ3v) is 5.43. The molecule has 3 nitrogen and oxygen atoms in total. The van der Waals surface area contributed by atoms with Crippen LogP contribution < -0.4 is 5.32 Å². The molecule has 0 radical (unpaired) electrons. The summed E-state index contributed by atoms with van der Waals surface area (Å²) >= 11 is 7.54. The molecule has 0 amide bonds. The Morgan fingerprint density at radius 2 is 2.21 bits per heavy atom. The second kappa shape index (κ2) is 6.15. The maximum atomic E-state index is 4.32. The monoisotopic (exact) mass is 449 g/mol. The fourth-order valence-electron chi connectivity index (χ4n) is 1.80. The van der Waals surface area contributed by atoms with Gasteiger partial charge in [-0.3, -0.25) is 0 Å². The van der Waals surface area contributed by atoms with Crippen LogP contribution in [0.3, 0.4) is 0 Å². The number of halogens is 2. The number of nitrogens with one attached hydrogen (secondary N) is 1. The SMILES string of the molecule is Brc1ccc(I)c(-c2nnc(CCNC3CC3)s2)c1. The van der Waals surface area contributed by atoms with Gasteiger partial charge < -0.3 is 5.32 Å². The summed E-state index contributed by atoms with van der Waals surface area (Å²) in [5.41, 5.74) is 1.16. The van der Waals surface area contributed by atoms with Crippen molar-refractivity contribution in [2.24, 2.45) is 0 Å². The van der Waals surface area contributed by atoms with E-state index in [4.69, 9.17) is 0 Å². The van der Waals surface area contributed by atoms with E-state index in [1.165, 1.54) is 16.4 Å². The van der Waals surface area contributed by atoms with Gasteiger partial charge >= 0.3 is 0 Å². The molecule has 3 rings (SSSR count). The number of hydrogen-bond donors (Lipinski definition) is 1. The Bertz CT molecular complexity index is 583. The molecule has 0 spiro atoms. The van der Waals surface area contributed by atoms with Gasteiger partial charge in [0.1, 0.15) is 10.0 Å². The molecule has 1 N–H and O–H groups in total. The minimum atomic E-state index is 0.762. The fraction of sp³-hybridized carbons (Fsp3) is 0.385. The van der Waals surface area contributed by atoms with E-state index in [0.29, 0.717) is 0 Å². The summed E-state index contributed by atoms with van der Waals surface area (Å²) in [7, 11) is 0. The summed E-state index contributed by atoms with van der Waals surface area (Å²) in [4.78, 5) is 0. The quantitative estimate of drug-likeness (QED) is 0.704. The molecule has 1 aliphatic carbocycles. The Hall–Kier alpha value is -0.0500. The number of rotatable bonds is 5. The van der Waals surface area contributed by atoms with Gasteiger partial charge in [-0.05, 0) is 53.6 Å². The molecule has 1 fully saturated rings. The standard InChI is InChI=1S/C13H13BrIN3S/c14-8-1-4-11(15)10(7-8)13-18-17-12(19-13)5-6-16-9-2-3-9/h1,4,7,9,16H,2-3,5-6H2. The highest BCUT2D eigenvalue weighted by Crippen LogP contribution is 2.30. The summed E-state index contributed by atoms with van der Waals surface area (Å²) < 4.78 is 2.29. The molecule has 0 aliphatic heterocycles. The van der Waals surface area contributed by atoms with Crippen molar-refractivity contribution in [1.29, 1.82) is 0 Å². The third-order valence-electron chi connectivity index (χ3n) is 2.97. The van der Waals surface area contributed by atoms with Crippen molar-refractivity contribution in [3.63, 3.8) is 0 Å². The fourth-order valence-corrected chi connectivity index (χ4v) is 3.80. The van der Waals surface area contributed by atoms with Crippen molar-refractivity contribution in [1.82, 2.24) is 15.5 Å². The van der Waals surface area contributed by atoms with Crippen LogP contribution in [0, 0.1) is 3.57 Å². The van der Waals surface area contributed by atoms with E-state index in [0.717, 1.165) is 39.1 Å². The van der Waals surface area contributed by atoms with Gasteiger partial charge in [-0.1, -0.05) is 27.3 Å². The molecular weight excluding hydrogens is 437 g/mol. The lowest BCUT2D eigenvalue weighted by Crippen LogP contribution is -2.19. The summed E-state index contributed by atoms with van der Waals surface area (Å²) in [5, 5.41) is 14.2. The maximum absolute atomic E-state index is 4.32. The summed E-state index contributed by atoms with van der Waals surface area (Å²) in [6.07, 6.45) is 3.63. The normalized spacial score (nSPS) is 14.8. The average molecular weight is 450 g/mol. The second-order valence-corrected chi connectivity index (χ2v) is 7.74. The topological polar surface area (TPSA) is 37.8 Å². The van der Waals surface area contributed by atoms with Gasteiger partial charge in [-0.15, -0.1) is 10.2 Å². The number of nitrogens with zero attached hydrogens (tertiary/aromatic N) is 2. The highest BCUT2D eigenvalue weighted by atomic mass is 127. The predicted molar refractivity (Wildman–Crippen MR) is 90.5 cm³/mol. The largest absolute Gasteiger partial charge is 0.314 e. The van der Waals surface area contributed by atoms with Crippen LogP contribution in [0.2, 0.25) is 0 Å². The van der Waals surface area contributed by atoms with Crippen molar-refractivity contribution in [3.05, 3.63) is 31.2 Å². The lowest BCUT2D eigenvalue weighted by molar-refractivity contribution is 0.677. The van der Waals surface area contributed by atoms with Gasteiger partial charge in [-0.25, -0.2) is 0 Å². The zero-order valence-corrected chi connectivity index (χ0v) is 14.8. The van der Waals surface area contributed by atoms with E-state index in [9.17, 15) is 0 Å². The summed E-state index contributed by atoms with van der Waals surface area (Å²) in [5.74, 6) is 0. The van der Waals surface area contributed by atoms with Crippen molar-refractivity contribution in [2.45, 2.75) is 25.3 Å². The lowest BCUT2D eigenvalue weighted by atomic mass is 10.2. The average Bonchev–Trinajstić information content (AvgIpc) is 3.10. The van der Waals surface area contributed by atoms with Crippen LogP contribution in [0.25, 0.3) is 10.6 Å². The highest BCUT2D eigenvalue weighted by molar-refractivity contribution is 14.1. The van der Waals surface area contributed by atoms with Gasteiger partial charge in [0, 0.05) is 32.6 Å². The van der Waals surface area contributed by atoms with Gasteiger partial charge in [0.15, 0.2) is 0 Å². The molecule has 1 saturated carbocycles. The molecule has 2 aromatic rings. The van der Waals surface area contributed by atoms with Crippen LogP contribution in [-0.4, -0.2) is 22.8 Å². The Labute approximate surface area is 138 Å². The first-order valence-corrected chi connectivity index (χ1v) is 8.92. The Kier molecular flexibility index (Phi) is 4.51. The molecule has 6 heteroatoms. The van der Waals surface area contributed by atoms with E-state index < -0.39 is 0 Å². The minimum absolute atomic E-state index is 0.762. The molecule has 1 heterocycles. The van der Waals surface area contributed by atoms with Crippen LogP contribution in [0.5, 0.6) is 0 Å². The first-order valence-electron chi connectivity index (χ1n) is 6.23. The van der Waals surface area contributed by atoms with Gasteiger partial charge in [0.05, 0.1) is 0 Å². The van der Waals surface area contributed by atoms with E-state index in [2.05, 4.69) is 66.2 Å². The van der Waals surface area contributed by atoms with Crippen LogP contribution in [0.1, 0.15) is 17.8 Å². The maximum Gasteiger partial charge on any atom is 0.148 e. The molecule has 1 aromatic heterocycles. The van der Waals surface area contributed by atoms with E-state index >= 15 is 0 Å². The Morgan fingerprint density at radius 3 is 3.00 bits per heavy atom. The number of hydrogen-bond acceptors (Lipinski definition) is 4. The molecule has 1 aromatic carbocycles. The molecular formula is C13H13BrIN3S. The lowest BCUT2D eigenvalue weighted by Gasteiger charge is -2.00. The predicted octanol–water partition coefficient (Wildman–Crippen LogP) is 3.87. The Morgan fingerprint density at radius 1 is 1.37 bits per heavy atom. The third kappa shape index (κ3) is 3.74. The molecule has 1 aliphatic rings. The van der Waals surface area contributed by atoms with Crippen LogP contribution >= 0.6 is 49.9 Å². The van der Waals surface area contributed by atoms with Gasteiger partial charge in [0.25, 0.3) is 0 Å². The molecule has 0 unspecified atom stereocenters. The molecule has 19 heavy (non-hydrogen) atoms. The van der Waals surface area contributed by atoms with E-state index in [1.54, 1.807) is 11.3 Å². The molecule has 0 bridgehead atoms. The van der Waals surface area contributed by atoms with Crippen molar-refractivity contribution in [2.75, 3.05) is 6.54 Å². The van der Waals surface area contributed by atoms with Crippen LogP contribution in [0.15, 0.2) is 22.7 Å². The van der Waals surface area contributed by atoms with Gasteiger partial charge in [0.2, 0.25) is 0 Å². The second-order valence-electron chi connectivity index (χ2n) is 4.60. The highest BCUT2D eigenvalue weighted by Gasteiger charge is 2.20.